The maximum atomic E-state index is 12.6. The first-order valence-corrected chi connectivity index (χ1v) is 5.64. The molecule has 1 heterocycles. The summed E-state index contributed by atoms with van der Waals surface area (Å²) in [6.45, 7) is 1.45. The largest absolute Gasteiger partial charge is 0.416 e. The minimum Gasteiger partial charge on any atom is -0.371 e. The van der Waals surface area contributed by atoms with Gasteiger partial charge in [0.25, 0.3) is 0 Å². The van der Waals surface area contributed by atoms with E-state index in [1.54, 1.807) is 6.07 Å². The van der Waals surface area contributed by atoms with Crippen molar-refractivity contribution in [3.05, 3.63) is 29.8 Å². The Bertz CT molecular complexity index is 391. The van der Waals surface area contributed by atoms with Gasteiger partial charge < -0.3 is 10.6 Å². The number of nitrogens with zero attached hydrogens (tertiary/aromatic N) is 1. The normalized spacial score (nSPS) is 16.5. The Morgan fingerprint density at radius 1 is 1.11 bits per heavy atom. The molecule has 2 nitrogen and oxygen atoms in total. The van der Waals surface area contributed by atoms with Gasteiger partial charge in [-0.1, -0.05) is 6.07 Å². The Balaban J connectivity index is 0.00000162. The van der Waals surface area contributed by atoms with E-state index in [4.69, 9.17) is 5.73 Å². The number of hydrogen-bond donors (Lipinski definition) is 1. The Morgan fingerprint density at radius 2 is 1.68 bits per heavy atom. The lowest BCUT2D eigenvalue weighted by atomic mass is 10.0. The smallest absolute Gasteiger partial charge is 0.371 e. The van der Waals surface area contributed by atoms with Crippen LogP contribution in [0.1, 0.15) is 18.4 Å². The maximum Gasteiger partial charge on any atom is 0.416 e. The second-order valence-electron chi connectivity index (χ2n) is 4.37. The highest BCUT2D eigenvalue weighted by Crippen LogP contribution is 2.32. The predicted molar refractivity (Wildman–Crippen MR) is 75.4 cm³/mol. The molecule has 0 atom stereocenters. The van der Waals surface area contributed by atoms with Gasteiger partial charge in [0.05, 0.1) is 5.56 Å². The van der Waals surface area contributed by atoms with E-state index in [0.29, 0.717) is 5.69 Å². The summed E-state index contributed by atoms with van der Waals surface area (Å²) in [5.74, 6) is 0. The van der Waals surface area contributed by atoms with Gasteiger partial charge in [-0.15, -0.1) is 24.8 Å². The molecule has 0 bridgehead atoms. The Morgan fingerprint density at radius 3 is 2.21 bits per heavy atom. The van der Waals surface area contributed by atoms with E-state index in [1.165, 1.54) is 12.1 Å². The van der Waals surface area contributed by atoms with Crippen molar-refractivity contribution >= 4 is 30.5 Å². The molecule has 1 fully saturated rings. The number of halogens is 5. The Kier molecular flexibility index (Phi) is 6.97. The quantitative estimate of drug-likeness (QED) is 0.859. The molecule has 110 valence electrons. The predicted octanol–water partition coefficient (Wildman–Crippen LogP) is 3.48. The van der Waals surface area contributed by atoms with Gasteiger partial charge in [0.15, 0.2) is 0 Å². The van der Waals surface area contributed by atoms with Crippen molar-refractivity contribution in [2.45, 2.75) is 25.1 Å². The second-order valence-corrected chi connectivity index (χ2v) is 4.37. The van der Waals surface area contributed by atoms with Crippen LogP contribution in [-0.2, 0) is 6.18 Å². The first kappa shape index (κ1) is 18.4. The Labute approximate surface area is 123 Å². The zero-order valence-electron chi connectivity index (χ0n) is 10.2. The van der Waals surface area contributed by atoms with Crippen LogP contribution in [0, 0.1) is 0 Å². The summed E-state index contributed by atoms with van der Waals surface area (Å²) in [7, 11) is 0. The van der Waals surface area contributed by atoms with Crippen LogP contribution < -0.4 is 10.6 Å². The minimum absolute atomic E-state index is 0. The van der Waals surface area contributed by atoms with Crippen molar-refractivity contribution in [1.29, 1.82) is 0 Å². The molecule has 0 radical (unpaired) electrons. The highest BCUT2D eigenvalue weighted by molar-refractivity contribution is 5.85. The second kappa shape index (κ2) is 7.22. The molecule has 19 heavy (non-hydrogen) atoms. The molecule has 0 aromatic heterocycles. The SMILES string of the molecule is Cl.Cl.NC1CCN(c2cccc(C(F)(F)F)c2)CC1. The Hall–Kier alpha value is -0.650. The standard InChI is InChI=1S/C12H15F3N2.2ClH/c13-12(14,15)9-2-1-3-11(8-9)17-6-4-10(16)5-7-17;;/h1-3,8,10H,4-7,16H2;2*1H. The van der Waals surface area contributed by atoms with Gasteiger partial charge in [-0.05, 0) is 31.0 Å². The fourth-order valence-corrected chi connectivity index (χ4v) is 2.04. The zero-order valence-corrected chi connectivity index (χ0v) is 11.8. The van der Waals surface area contributed by atoms with E-state index in [1.807, 2.05) is 4.90 Å². The van der Waals surface area contributed by atoms with Crippen LogP contribution in [-0.4, -0.2) is 19.1 Å². The van der Waals surface area contributed by atoms with Crippen molar-refractivity contribution < 1.29 is 13.2 Å². The topological polar surface area (TPSA) is 29.3 Å². The van der Waals surface area contributed by atoms with E-state index < -0.39 is 11.7 Å². The van der Waals surface area contributed by atoms with Crippen LogP contribution in [0.2, 0.25) is 0 Å². The van der Waals surface area contributed by atoms with Crippen molar-refractivity contribution in [3.8, 4) is 0 Å². The number of anilines is 1. The molecule has 2 N–H and O–H groups in total. The van der Waals surface area contributed by atoms with Crippen LogP contribution in [0.15, 0.2) is 24.3 Å². The summed E-state index contributed by atoms with van der Waals surface area (Å²) in [4.78, 5) is 1.96. The molecule has 0 spiro atoms. The molecule has 1 saturated heterocycles. The fourth-order valence-electron chi connectivity index (χ4n) is 2.04. The fraction of sp³-hybridized carbons (Fsp3) is 0.500. The first-order chi connectivity index (χ1) is 7.97. The highest BCUT2D eigenvalue weighted by Gasteiger charge is 2.31. The minimum atomic E-state index is -4.28. The van der Waals surface area contributed by atoms with Gasteiger partial charge in [0.1, 0.15) is 0 Å². The number of alkyl halides is 3. The first-order valence-electron chi connectivity index (χ1n) is 5.64. The summed E-state index contributed by atoms with van der Waals surface area (Å²) < 4.78 is 37.7. The lowest BCUT2D eigenvalue weighted by Crippen LogP contribution is -2.39. The monoisotopic (exact) mass is 316 g/mol. The van der Waals surface area contributed by atoms with Crippen molar-refractivity contribution in [3.63, 3.8) is 0 Å². The number of benzene rings is 1. The molecular formula is C12H17Cl2F3N2. The van der Waals surface area contributed by atoms with Crippen LogP contribution >= 0.6 is 24.8 Å². The zero-order chi connectivity index (χ0) is 12.5. The van der Waals surface area contributed by atoms with Crippen molar-refractivity contribution in [2.24, 2.45) is 5.73 Å². The average Bonchev–Trinajstić information content (AvgIpc) is 2.29. The molecule has 0 aliphatic carbocycles. The van der Waals surface area contributed by atoms with Crippen LogP contribution in [0.25, 0.3) is 0 Å². The van der Waals surface area contributed by atoms with E-state index in [2.05, 4.69) is 0 Å². The van der Waals surface area contributed by atoms with Gasteiger partial charge >= 0.3 is 6.18 Å². The van der Waals surface area contributed by atoms with E-state index >= 15 is 0 Å². The van der Waals surface area contributed by atoms with E-state index in [0.717, 1.165) is 32.0 Å². The summed E-state index contributed by atoms with van der Waals surface area (Å²) >= 11 is 0. The average molecular weight is 317 g/mol. The third kappa shape index (κ3) is 4.75. The number of hydrogen-bond acceptors (Lipinski definition) is 2. The van der Waals surface area contributed by atoms with Crippen LogP contribution in [0.4, 0.5) is 18.9 Å². The van der Waals surface area contributed by atoms with Gasteiger partial charge in [-0.3, -0.25) is 0 Å². The summed E-state index contributed by atoms with van der Waals surface area (Å²) in [5, 5.41) is 0. The van der Waals surface area contributed by atoms with Gasteiger partial charge in [-0.25, -0.2) is 0 Å². The molecule has 0 saturated carbocycles. The molecule has 1 aliphatic rings. The van der Waals surface area contributed by atoms with Crippen molar-refractivity contribution in [1.82, 2.24) is 0 Å². The lowest BCUT2D eigenvalue weighted by Gasteiger charge is -2.32. The molecule has 0 amide bonds. The highest BCUT2D eigenvalue weighted by atomic mass is 35.5. The molecule has 1 aromatic carbocycles. The van der Waals surface area contributed by atoms with E-state index in [9.17, 15) is 13.2 Å². The maximum absolute atomic E-state index is 12.6. The summed E-state index contributed by atoms with van der Waals surface area (Å²) in [6.07, 6.45) is -2.62. The molecular weight excluding hydrogens is 300 g/mol. The van der Waals surface area contributed by atoms with Crippen LogP contribution in [0.5, 0.6) is 0 Å². The third-order valence-corrected chi connectivity index (χ3v) is 3.08. The number of rotatable bonds is 1. The summed E-state index contributed by atoms with van der Waals surface area (Å²) in [5.41, 5.74) is 5.81. The molecule has 7 heteroatoms. The molecule has 1 aliphatic heterocycles. The van der Waals surface area contributed by atoms with E-state index in [-0.39, 0.29) is 30.9 Å². The number of nitrogens with two attached hydrogens (primary N) is 1. The third-order valence-electron chi connectivity index (χ3n) is 3.08. The number of piperidine rings is 1. The van der Waals surface area contributed by atoms with Crippen LogP contribution in [0.3, 0.4) is 0 Å². The van der Waals surface area contributed by atoms with Crippen molar-refractivity contribution in [2.75, 3.05) is 18.0 Å². The van der Waals surface area contributed by atoms with Gasteiger partial charge in [0, 0.05) is 24.8 Å². The molecule has 0 unspecified atom stereocenters. The summed E-state index contributed by atoms with van der Waals surface area (Å²) in [6, 6.07) is 5.64. The lowest BCUT2D eigenvalue weighted by molar-refractivity contribution is -0.137. The molecule has 1 aromatic rings. The van der Waals surface area contributed by atoms with Gasteiger partial charge in [0.2, 0.25) is 0 Å². The molecule has 2 rings (SSSR count). The van der Waals surface area contributed by atoms with Gasteiger partial charge in [-0.2, -0.15) is 13.2 Å².